The van der Waals surface area contributed by atoms with Crippen LogP contribution in [0.5, 0.6) is 0 Å². The minimum absolute atomic E-state index is 0.230. The molecular formula is C95H182N2O21. The standard InChI is InChI=1S/C95H182N2O21/c1-4-6-8-10-12-14-16-18-20-22-24-26-28-30-31-32-33-34-35-36-37-38-39-40-41-42-43-45-47-49-51-53-55-57-59-61-63-65-67-69-82(105)97-76(77(102)68-66-64-62-60-58-56-54-52-50-48-46-44-29-27-25-23-21-19-17-15-13-11-9-7-5-2)74-113-92-87(109)86(108)89(81(73-100)115-92)116-93-88(110)91(85(107)80(72-99)114-93)118-95(94(111)112)70-78(103)83(96-75(3)101)90(117-95)84(106)79(104)71-98/h76-81,83-93,98-100,102-104,106-110H,4-74H2,1-3H3,(H,96,101)(H,97,105)(H,111,112). The summed E-state index contributed by atoms with van der Waals surface area (Å²) in [5.41, 5.74) is 0. The number of ether oxygens (including phenoxy) is 6. The fourth-order valence-corrected chi connectivity index (χ4v) is 17.6. The molecule has 2 amide bonds. The van der Waals surface area contributed by atoms with Crippen molar-refractivity contribution in [2.45, 2.75) is 561 Å². The Morgan fingerprint density at radius 3 is 1.06 bits per heavy atom. The minimum atomic E-state index is -3.08. The van der Waals surface area contributed by atoms with Gasteiger partial charge >= 0.3 is 5.97 Å². The van der Waals surface area contributed by atoms with Crippen molar-refractivity contribution in [1.82, 2.24) is 10.6 Å². The van der Waals surface area contributed by atoms with Crippen molar-refractivity contribution in [3.05, 3.63) is 0 Å². The maximum Gasteiger partial charge on any atom is 0.364 e. The number of unbranched alkanes of at least 4 members (excludes halogenated alkanes) is 62. The van der Waals surface area contributed by atoms with Crippen LogP contribution in [0.15, 0.2) is 0 Å². The number of rotatable bonds is 82. The number of carbonyl (C=O) groups excluding carboxylic acids is 2. The lowest BCUT2D eigenvalue weighted by atomic mass is 9.88. The average Bonchev–Trinajstić information content (AvgIpc) is 0.752. The predicted molar refractivity (Wildman–Crippen MR) is 468 cm³/mol. The third-order valence-electron chi connectivity index (χ3n) is 25.3. The zero-order valence-electron chi connectivity index (χ0n) is 75.1. The number of aliphatic carboxylic acids is 1. The van der Waals surface area contributed by atoms with Crippen LogP contribution in [0.3, 0.4) is 0 Å². The molecule has 3 heterocycles. The molecule has 23 nitrogen and oxygen atoms in total. The molecule has 3 saturated heterocycles. The molecule has 23 heteroatoms. The Balaban J connectivity index is 1.38. The number of carbonyl (C=O) groups is 3. The Morgan fingerprint density at radius 1 is 0.407 bits per heavy atom. The first-order valence-corrected chi connectivity index (χ1v) is 49.4. The van der Waals surface area contributed by atoms with E-state index in [1.165, 1.54) is 353 Å². The van der Waals surface area contributed by atoms with Crippen molar-refractivity contribution in [2.75, 3.05) is 26.4 Å². The molecule has 18 unspecified atom stereocenters. The number of carboxylic acid groups (broad SMARTS) is 1. The summed E-state index contributed by atoms with van der Waals surface area (Å²) >= 11 is 0. The molecule has 0 aromatic heterocycles. The molecule has 3 aliphatic heterocycles. The molecule has 3 fully saturated rings. The first kappa shape index (κ1) is 110. The van der Waals surface area contributed by atoms with E-state index in [-0.39, 0.29) is 18.9 Å². The van der Waals surface area contributed by atoms with Gasteiger partial charge in [-0.3, -0.25) is 9.59 Å². The van der Waals surface area contributed by atoms with Crippen LogP contribution >= 0.6 is 0 Å². The largest absolute Gasteiger partial charge is 0.477 e. The van der Waals surface area contributed by atoms with E-state index < -0.39 is 148 Å². The lowest BCUT2D eigenvalue weighted by Crippen LogP contribution is -2.70. The number of aliphatic hydroxyl groups excluding tert-OH is 11. The Hall–Kier alpha value is -2.27. The third-order valence-corrected chi connectivity index (χ3v) is 25.3. The molecule has 14 N–H and O–H groups in total. The zero-order chi connectivity index (χ0) is 85.9. The van der Waals surface area contributed by atoms with Gasteiger partial charge in [-0.05, 0) is 12.8 Å². The average molecular weight is 1690 g/mol. The molecule has 698 valence electrons. The Bertz CT molecular complexity index is 2320. The van der Waals surface area contributed by atoms with Gasteiger partial charge in [0, 0.05) is 19.8 Å². The third kappa shape index (κ3) is 50.2. The molecule has 3 rings (SSSR count). The van der Waals surface area contributed by atoms with Crippen molar-refractivity contribution < 1.29 is 104 Å². The van der Waals surface area contributed by atoms with Crippen molar-refractivity contribution in [1.29, 1.82) is 0 Å². The van der Waals surface area contributed by atoms with Gasteiger partial charge in [0.2, 0.25) is 11.8 Å². The molecular weight excluding hydrogens is 1510 g/mol. The summed E-state index contributed by atoms with van der Waals surface area (Å²) in [6, 6.07) is -2.53. The molecule has 0 saturated carbocycles. The lowest BCUT2D eigenvalue weighted by Gasteiger charge is -2.50. The van der Waals surface area contributed by atoms with Crippen molar-refractivity contribution in [3.8, 4) is 0 Å². The highest BCUT2D eigenvalue weighted by atomic mass is 16.8. The summed E-state index contributed by atoms with van der Waals surface area (Å²) in [5.74, 6) is -6.08. The molecule has 0 aliphatic carbocycles. The molecule has 0 radical (unpaired) electrons. The molecule has 3 aliphatic rings. The highest BCUT2D eigenvalue weighted by molar-refractivity contribution is 5.77. The van der Waals surface area contributed by atoms with E-state index >= 15 is 0 Å². The molecule has 0 spiro atoms. The highest BCUT2D eigenvalue weighted by Gasteiger charge is 2.60. The van der Waals surface area contributed by atoms with Gasteiger partial charge in [-0.25, -0.2) is 4.79 Å². The predicted octanol–water partition coefficient (Wildman–Crippen LogP) is 17.4. The van der Waals surface area contributed by atoms with Gasteiger partial charge in [-0.1, -0.05) is 418 Å². The van der Waals surface area contributed by atoms with Gasteiger partial charge in [-0.2, -0.15) is 0 Å². The monoisotopic (exact) mass is 1690 g/mol. The van der Waals surface area contributed by atoms with Crippen LogP contribution in [0.4, 0.5) is 0 Å². The van der Waals surface area contributed by atoms with E-state index in [2.05, 4.69) is 24.5 Å². The molecule has 118 heavy (non-hydrogen) atoms. The van der Waals surface area contributed by atoms with Gasteiger partial charge < -0.3 is 100 Å². The summed E-state index contributed by atoms with van der Waals surface area (Å²) in [4.78, 5) is 38.9. The Morgan fingerprint density at radius 2 is 0.737 bits per heavy atom. The van der Waals surface area contributed by atoms with Crippen molar-refractivity contribution in [3.63, 3.8) is 0 Å². The summed E-state index contributed by atoms with van der Waals surface area (Å²) in [7, 11) is 0. The van der Waals surface area contributed by atoms with Crippen LogP contribution in [-0.2, 0) is 42.8 Å². The quantitative estimate of drug-likeness (QED) is 0.0252. The molecule has 0 aromatic rings. The van der Waals surface area contributed by atoms with Gasteiger partial charge in [0.25, 0.3) is 5.79 Å². The van der Waals surface area contributed by atoms with Gasteiger partial charge in [0.05, 0.1) is 50.7 Å². The second-order valence-corrected chi connectivity index (χ2v) is 36.0. The van der Waals surface area contributed by atoms with Crippen LogP contribution in [-0.4, -0.2) is 215 Å². The van der Waals surface area contributed by atoms with Crippen LogP contribution in [0.2, 0.25) is 0 Å². The number of carboxylic acids is 1. The van der Waals surface area contributed by atoms with Crippen LogP contribution < -0.4 is 10.6 Å². The second kappa shape index (κ2) is 72.8. The summed E-state index contributed by atoms with van der Waals surface area (Å²) in [6.07, 6.45) is 55.6. The van der Waals surface area contributed by atoms with E-state index in [9.17, 15) is 75.7 Å². The van der Waals surface area contributed by atoms with Gasteiger partial charge in [0.1, 0.15) is 67.1 Å². The second-order valence-electron chi connectivity index (χ2n) is 36.0. The van der Waals surface area contributed by atoms with Gasteiger partial charge in [0.15, 0.2) is 12.6 Å². The first-order valence-electron chi connectivity index (χ1n) is 49.4. The fourth-order valence-electron chi connectivity index (χ4n) is 17.6. The van der Waals surface area contributed by atoms with E-state index in [4.69, 9.17) is 28.4 Å². The zero-order valence-corrected chi connectivity index (χ0v) is 75.1. The van der Waals surface area contributed by atoms with E-state index in [1.807, 2.05) is 0 Å². The lowest BCUT2D eigenvalue weighted by molar-refractivity contribution is -0.386. The smallest absolute Gasteiger partial charge is 0.364 e. The van der Waals surface area contributed by atoms with E-state index in [0.717, 1.165) is 51.9 Å². The first-order chi connectivity index (χ1) is 57.4. The van der Waals surface area contributed by atoms with Crippen LogP contribution in [0.1, 0.15) is 451 Å². The maximum atomic E-state index is 13.6. The maximum absolute atomic E-state index is 13.6. The highest BCUT2D eigenvalue weighted by Crippen LogP contribution is 2.39. The number of hydrogen-bond donors (Lipinski definition) is 14. The summed E-state index contributed by atoms with van der Waals surface area (Å²) in [6.45, 7) is 2.31. The van der Waals surface area contributed by atoms with Gasteiger partial charge in [-0.15, -0.1) is 0 Å². The summed E-state index contributed by atoms with van der Waals surface area (Å²) < 4.78 is 35.1. The summed E-state index contributed by atoms with van der Waals surface area (Å²) in [5, 5.41) is 137. The van der Waals surface area contributed by atoms with Crippen molar-refractivity contribution >= 4 is 17.8 Å². The molecule has 18 atom stereocenters. The van der Waals surface area contributed by atoms with E-state index in [0.29, 0.717) is 19.3 Å². The molecule has 0 bridgehead atoms. The van der Waals surface area contributed by atoms with Crippen molar-refractivity contribution in [2.24, 2.45) is 0 Å². The number of hydrogen-bond acceptors (Lipinski definition) is 20. The minimum Gasteiger partial charge on any atom is -0.477 e. The fraction of sp³-hybridized carbons (Fsp3) is 0.968. The van der Waals surface area contributed by atoms with E-state index in [1.54, 1.807) is 0 Å². The number of amides is 2. The Labute approximate surface area is 716 Å². The number of aliphatic hydroxyl groups is 11. The Kier molecular flexibility index (Phi) is 67.8. The number of nitrogens with one attached hydrogen (secondary N) is 2. The van der Waals surface area contributed by atoms with Crippen LogP contribution in [0, 0.1) is 0 Å². The van der Waals surface area contributed by atoms with Crippen LogP contribution in [0.25, 0.3) is 0 Å². The SMILES string of the molecule is CCCCCCCCCCCCCCCCCCCCCCCCCCCCCCCCCCCCCCCCCC(=O)NC(COC1OC(CO)C(OC2OC(CO)C(O)C(OC3(C(=O)O)CC(O)C(NC(C)=O)C(C(O)C(O)CO)O3)C2O)C(O)C1O)C(O)CCCCCCCCCCCCCCCCCCCCCCCCCCC. The normalized spacial score (nSPS) is 24.6. The topological polar surface area (TPSA) is 373 Å². The molecule has 0 aromatic carbocycles.